The normalized spacial score (nSPS) is 27.2. The van der Waals surface area contributed by atoms with Gasteiger partial charge in [0.1, 0.15) is 12.1 Å². The smallest absolute Gasteiger partial charge is 0.323 e. The Labute approximate surface area is 196 Å². The predicted octanol–water partition coefficient (Wildman–Crippen LogP) is 2.91. The maximum Gasteiger partial charge on any atom is 0.323 e. The number of likely N-dealkylation sites (N-methyl/N-ethyl adjacent to an activating group) is 2. The molecule has 2 saturated heterocycles. The topological polar surface area (TPSA) is 77.5 Å². The van der Waals surface area contributed by atoms with Crippen LogP contribution in [0.2, 0.25) is 18.1 Å². The van der Waals surface area contributed by atoms with Crippen LogP contribution in [-0.4, -0.2) is 102 Å². The first kappa shape index (κ1) is 29.0. The zero-order valence-corrected chi connectivity index (χ0v) is 23.1. The number of hydrogen-bond donors (Lipinski definition) is 0. The predicted molar refractivity (Wildman–Crippen MR) is 128 cm³/mol. The summed E-state index contributed by atoms with van der Waals surface area (Å²) in [5, 5.41) is 0.203. The third-order valence-electron chi connectivity index (χ3n) is 6.70. The minimum absolute atomic E-state index is 0.135. The lowest BCUT2D eigenvalue weighted by atomic mass is 10.2. The molecule has 2 rings (SSSR count). The SMILES string of the molecule is COC(=O)[C@@H]1C[C@H](OC(C)C)CN1C.COC(=O)[C@@H]1C[C@H](O[Si](C)(C)C(C)(C)C)CN1C. The van der Waals surface area contributed by atoms with Crippen molar-refractivity contribution in [1.82, 2.24) is 9.80 Å². The zero-order valence-electron chi connectivity index (χ0n) is 22.1. The third-order valence-corrected chi connectivity index (χ3v) is 11.2. The van der Waals surface area contributed by atoms with Gasteiger partial charge in [0.15, 0.2) is 8.32 Å². The highest BCUT2D eigenvalue weighted by Crippen LogP contribution is 2.38. The van der Waals surface area contributed by atoms with Crippen molar-refractivity contribution in [3.63, 3.8) is 0 Å². The van der Waals surface area contributed by atoms with Gasteiger partial charge in [-0.25, -0.2) is 0 Å². The summed E-state index contributed by atoms with van der Waals surface area (Å²) in [5.41, 5.74) is 0. The van der Waals surface area contributed by atoms with E-state index >= 15 is 0 Å². The minimum atomic E-state index is -1.75. The van der Waals surface area contributed by atoms with Crippen molar-refractivity contribution >= 4 is 20.3 Å². The second-order valence-electron chi connectivity index (χ2n) is 10.7. The van der Waals surface area contributed by atoms with Crippen molar-refractivity contribution in [2.45, 2.75) is 96.0 Å². The van der Waals surface area contributed by atoms with E-state index in [1.807, 2.05) is 37.7 Å². The molecule has 9 heteroatoms. The summed E-state index contributed by atoms with van der Waals surface area (Å²) in [6.07, 6.45) is 2.01. The van der Waals surface area contributed by atoms with Gasteiger partial charge in [-0.1, -0.05) is 20.8 Å². The van der Waals surface area contributed by atoms with Crippen molar-refractivity contribution in [1.29, 1.82) is 0 Å². The molecule has 0 unspecified atom stereocenters. The largest absolute Gasteiger partial charge is 0.468 e. The first-order valence-electron chi connectivity index (χ1n) is 11.5. The summed E-state index contributed by atoms with van der Waals surface area (Å²) < 4.78 is 21.6. The number of likely N-dealkylation sites (tertiary alicyclic amines) is 2. The number of ether oxygens (including phenoxy) is 3. The Hall–Kier alpha value is -1.00. The monoisotopic (exact) mass is 474 g/mol. The Morgan fingerprint density at radius 2 is 1.28 bits per heavy atom. The Balaban J connectivity index is 0.000000330. The molecule has 32 heavy (non-hydrogen) atoms. The van der Waals surface area contributed by atoms with E-state index in [2.05, 4.69) is 33.9 Å². The Morgan fingerprint density at radius 1 is 0.875 bits per heavy atom. The molecule has 188 valence electrons. The van der Waals surface area contributed by atoms with Crippen molar-refractivity contribution in [3.8, 4) is 0 Å². The fourth-order valence-electron chi connectivity index (χ4n) is 3.89. The second kappa shape index (κ2) is 11.9. The molecule has 0 aromatic rings. The van der Waals surface area contributed by atoms with Gasteiger partial charge in [0.2, 0.25) is 0 Å². The van der Waals surface area contributed by atoms with Gasteiger partial charge in [-0.3, -0.25) is 19.4 Å². The zero-order chi connectivity index (χ0) is 24.9. The Bertz CT molecular complexity index is 622. The summed E-state index contributed by atoms with van der Waals surface area (Å²) in [6, 6.07) is -0.284. The average molecular weight is 475 g/mol. The molecule has 2 aliphatic rings. The van der Waals surface area contributed by atoms with Gasteiger partial charge in [0, 0.05) is 19.5 Å². The lowest BCUT2D eigenvalue weighted by molar-refractivity contribution is -0.146. The molecular formula is C23H46N2O6Si. The van der Waals surface area contributed by atoms with Gasteiger partial charge in [0.05, 0.1) is 32.5 Å². The van der Waals surface area contributed by atoms with Crippen LogP contribution in [-0.2, 0) is 28.2 Å². The summed E-state index contributed by atoms with van der Waals surface area (Å²) in [4.78, 5) is 27.0. The molecule has 2 aliphatic heterocycles. The number of esters is 2. The van der Waals surface area contributed by atoms with Crippen molar-refractivity contribution in [2.75, 3.05) is 41.4 Å². The third kappa shape index (κ3) is 8.09. The van der Waals surface area contributed by atoms with Gasteiger partial charge >= 0.3 is 11.9 Å². The summed E-state index contributed by atoms with van der Waals surface area (Å²) in [6.45, 7) is 16.8. The molecule has 0 amide bonds. The van der Waals surface area contributed by atoms with Crippen LogP contribution in [0.3, 0.4) is 0 Å². The van der Waals surface area contributed by atoms with Gasteiger partial charge in [-0.05, 0) is 52.5 Å². The maximum absolute atomic E-state index is 11.6. The molecule has 0 aromatic heterocycles. The molecule has 0 aromatic carbocycles. The lowest BCUT2D eigenvalue weighted by Crippen LogP contribution is -2.44. The molecule has 8 nitrogen and oxygen atoms in total. The number of hydrogen-bond acceptors (Lipinski definition) is 8. The van der Waals surface area contributed by atoms with Crippen LogP contribution < -0.4 is 0 Å². The molecular weight excluding hydrogens is 428 g/mol. The van der Waals surface area contributed by atoms with Gasteiger partial charge in [0.25, 0.3) is 0 Å². The molecule has 0 bridgehead atoms. The minimum Gasteiger partial charge on any atom is -0.468 e. The van der Waals surface area contributed by atoms with Crippen LogP contribution in [0.5, 0.6) is 0 Å². The molecule has 0 aliphatic carbocycles. The lowest BCUT2D eigenvalue weighted by Gasteiger charge is -2.38. The quantitative estimate of drug-likeness (QED) is 0.430. The standard InChI is InChI=1S/C13H27NO3Si.C10H19NO3/c1-13(2,3)18(6,7)17-10-8-11(12(15)16-5)14(4)9-10;1-7(2)14-8-5-9(10(12)13-4)11(3)6-8/h10-11H,8-9H2,1-7H3;7-9H,5-6H2,1-4H3/t10-,11-;8-,9-/m00/s1. The fourth-order valence-corrected chi connectivity index (χ4v) is 5.25. The van der Waals surface area contributed by atoms with Gasteiger partial charge in [-0.15, -0.1) is 0 Å². The van der Waals surface area contributed by atoms with Gasteiger partial charge in [-0.2, -0.15) is 0 Å². The molecule has 2 heterocycles. The second-order valence-corrected chi connectivity index (χ2v) is 15.5. The number of carbonyl (C=O) groups is 2. The van der Waals surface area contributed by atoms with Crippen LogP contribution in [0, 0.1) is 0 Å². The molecule has 4 atom stereocenters. The number of nitrogens with zero attached hydrogens (tertiary/aromatic N) is 2. The molecule has 2 fully saturated rings. The van der Waals surface area contributed by atoms with E-state index in [0.717, 1.165) is 25.9 Å². The van der Waals surface area contributed by atoms with Crippen LogP contribution in [0.25, 0.3) is 0 Å². The number of carbonyl (C=O) groups excluding carboxylic acids is 2. The molecule has 0 N–H and O–H groups in total. The number of methoxy groups -OCH3 is 2. The average Bonchev–Trinajstić information content (AvgIpc) is 3.20. The van der Waals surface area contributed by atoms with Crippen molar-refractivity contribution < 1.29 is 28.2 Å². The molecule has 0 spiro atoms. The van der Waals surface area contributed by atoms with Crippen LogP contribution in [0.1, 0.15) is 47.5 Å². The fraction of sp³-hybridized carbons (Fsp3) is 0.913. The van der Waals surface area contributed by atoms with E-state index in [0.29, 0.717) is 0 Å². The maximum atomic E-state index is 11.6. The summed E-state index contributed by atoms with van der Waals surface area (Å²) in [7, 11) is 4.99. The van der Waals surface area contributed by atoms with E-state index in [1.54, 1.807) is 0 Å². The summed E-state index contributed by atoms with van der Waals surface area (Å²) >= 11 is 0. The van der Waals surface area contributed by atoms with Gasteiger partial charge < -0.3 is 18.6 Å². The molecule has 0 radical (unpaired) electrons. The van der Waals surface area contributed by atoms with E-state index in [4.69, 9.17) is 18.6 Å². The van der Waals surface area contributed by atoms with Crippen LogP contribution in [0.15, 0.2) is 0 Å². The van der Waals surface area contributed by atoms with E-state index in [9.17, 15) is 9.59 Å². The highest BCUT2D eigenvalue weighted by Gasteiger charge is 2.43. The molecule has 0 saturated carbocycles. The van der Waals surface area contributed by atoms with Crippen molar-refractivity contribution in [3.05, 3.63) is 0 Å². The van der Waals surface area contributed by atoms with Crippen molar-refractivity contribution in [2.24, 2.45) is 0 Å². The Kier molecular flexibility index (Phi) is 10.8. The first-order chi connectivity index (χ1) is 14.6. The first-order valence-corrected chi connectivity index (χ1v) is 14.4. The van der Waals surface area contributed by atoms with E-state index in [1.165, 1.54) is 14.2 Å². The highest BCUT2D eigenvalue weighted by molar-refractivity contribution is 6.74. The number of rotatable bonds is 6. The Morgan fingerprint density at radius 3 is 1.66 bits per heavy atom. The van der Waals surface area contributed by atoms with E-state index in [-0.39, 0.29) is 47.4 Å². The highest BCUT2D eigenvalue weighted by atomic mass is 28.4. The summed E-state index contributed by atoms with van der Waals surface area (Å²) in [5.74, 6) is -0.318. The van der Waals surface area contributed by atoms with Crippen LogP contribution in [0.4, 0.5) is 0 Å². The van der Waals surface area contributed by atoms with Crippen LogP contribution >= 0.6 is 0 Å². The van der Waals surface area contributed by atoms with E-state index < -0.39 is 8.32 Å².